The smallest absolute Gasteiger partial charge is 0.345 e. The van der Waals surface area contributed by atoms with Gasteiger partial charge in [0.05, 0.1) is 24.0 Å². The summed E-state index contributed by atoms with van der Waals surface area (Å²) in [5, 5.41) is 40.8. The summed E-state index contributed by atoms with van der Waals surface area (Å²) in [6.45, 7) is 5.27. The van der Waals surface area contributed by atoms with Gasteiger partial charge < -0.3 is 5.11 Å². The SMILES string of the molecule is C[Si](C)(C)c1c(C(O)C#N)ccc([N+](=O)[O-])c1[N+](=O)[O-]. The van der Waals surface area contributed by atoms with Crippen LogP contribution in [0.1, 0.15) is 11.7 Å². The summed E-state index contributed by atoms with van der Waals surface area (Å²) in [6.07, 6.45) is -1.55. The van der Waals surface area contributed by atoms with Gasteiger partial charge >= 0.3 is 11.4 Å². The van der Waals surface area contributed by atoms with E-state index in [-0.39, 0.29) is 10.8 Å². The van der Waals surface area contributed by atoms with Crippen molar-refractivity contribution in [3.63, 3.8) is 0 Å². The largest absolute Gasteiger partial charge is 0.374 e. The molecule has 0 heterocycles. The number of aliphatic hydroxyl groups excluding tert-OH is 1. The molecule has 0 aliphatic heterocycles. The molecule has 20 heavy (non-hydrogen) atoms. The molecule has 0 aliphatic rings. The van der Waals surface area contributed by atoms with Crippen LogP contribution in [0.4, 0.5) is 11.4 Å². The first-order chi connectivity index (χ1) is 9.11. The van der Waals surface area contributed by atoms with Gasteiger partial charge in [-0.2, -0.15) is 5.26 Å². The summed E-state index contributed by atoms with van der Waals surface area (Å²) in [4.78, 5) is 20.5. The number of benzene rings is 1. The van der Waals surface area contributed by atoms with Crippen molar-refractivity contribution in [3.05, 3.63) is 37.9 Å². The molecule has 1 aromatic rings. The van der Waals surface area contributed by atoms with E-state index >= 15 is 0 Å². The van der Waals surface area contributed by atoms with E-state index in [9.17, 15) is 25.3 Å². The predicted molar refractivity (Wildman–Crippen MR) is 73.3 cm³/mol. The summed E-state index contributed by atoms with van der Waals surface area (Å²) >= 11 is 0. The fourth-order valence-electron chi connectivity index (χ4n) is 2.01. The monoisotopic (exact) mass is 295 g/mol. The minimum Gasteiger partial charge on any atom is -0.374 e. The molecule has 1 unspecified atom stereocenters. The van der Waals surface area contributed by atoms with E-state index in [1.807, 2.05) is 0 Å². The highest BCUT2D eigenvalue weighted by atomic mass is 28.3. The molecule has 0 fully saturated rings. The van der Waals surface area contributed by atoms with Gasteiger partial charge in [-0.25, -0.2) is 0 Å². The molecular weight excluding hydrogens is 282 g/mol. The Morgan fingerprint density at radius 1 is 1.25 bits per heavy atom. The van der Waals surface area contributed by atoms with Crippen molar-refractivity contribution in [1.29, 1.82) is 5.26 Å². The Labute approximate surface area is 115 Å². The summed E-state index contributed by atoms with van der Waals surface area (Å²) in [5.74, 6) is 0. The fourth-order valence-corrected chi connectivity index (χ4v) is 4.03. The second kappa shape index (κ2) is 5.36. The molecule has 1 N–H and O–H groups in total. The van der Waals surface area contributed by atoms with Gasteiger partial charge in [-0.05, 0) is 6.07 Å². The van der Waals surface area contributed by atoms with Gasteiger partial charge in [0.25, 0.3) is 0 Å². The van der Waals surface area contributed by atoms with Gasteiger partial charge in [-0.3, -0.25) is 20.2 Å². The number of nitrogens with zero attached hydrogens (tertiary/aromatic N) is 3. The summed E-state index contributed by atoms with van der Waals surface area (Å²) in [6, 6.07) is 3.76. The minimum atomic E-state index is -2.40. The summed E-state index contributed by atoms with van der Waals surface area (Å²) < 4.78 is 0. The Hall–Kier alpha value is -2.31. The van der Waals surface area contributed by atoms with Gasteiger partial charge in [-0.15, -0.1) is 0 Å². The minimum absolute atomic E-state index is 0.0731. The van der Waals surface area contributed by atoms with Crippen LogP contribution in [0.3, 0.4) is 0 Å². The topological polar surface area (TPSA) is 130 Å². The van der Waals surface area contributed by atoms with Gasteiger partial charge in [-0.1, -0.05) is 19.6 Å². The maximum Gasteiger partial charge on any atom is 0.345 e. The molecule has 0 aliphatic carbocycles. The van der Waals surface area contributed by atoms with E-state index in [0.29, 0.717) is 0 Å². The van der Waals surface area contributed by atoms with Crippen LogP contribution in [-0.4, -0.2) is 23.0 Å². The molecule has 1 rings (SSSR count). The number of nitro groups is 2. The van der Waals surface area contributed by atoms with E-state index in [4.69, 9.17) is 5.26 Å². The average molecular weight is 295 g/mol. The zero-order valence-corrected chi connectivity index (χ0v) is 12.2. The first kappa shape index (κ1) is 15.7. The summed E-state index contributed by atoms with van der Waals surface area (Å²) in [7, 11) is -2.40. The molecule has 1 atom stereocenters. The quantitative estimate of drug-likeness (QED) is 0.388. The Balaban J connectivity index is 3.87. The van der Waals surface area contributed by atoms with E-state index in [2.05, 4.69) is 0 Å². The first-order valence-electron chi connectivity index (χ1n) is 5.65. The third kappa shape index (κ3) is 2.81. The molecule has 8 nitrogen and oxygen atoms in total. The van der Waals surface area contributed by atoms with Crippen LogP contribution < -0.4 is 5.19 Å². The molecule has 0 bridgehead atoms. The molecule has 0 saturated heterocycles. The van der Waals surface area contributed by atoms with Crippen LogP contribution >= 0.6 is 0 Å². The number of nitriles is 1. The first-order valence-corrected chi connectivity index (χ1v) is 9.15. The van der Waals surface area contributed by atoms with Gasteiger partial charge in [0.2, 0.25) is 0 Å². The van der Waals surface area contributed by atoms with Crippen molar-refractivity contribution in [2.24, 2.45) is 0 Å². The molecule has 9 heteroatoms. The number of hydrogen-bond donors (Lipinski definition) is 1. The Morgan fingerprint density at radius 3 is 2.15 bits per heavy atom. The molecular formula is C11H13N3O5Si. The normalized spacial score (nSPS) is 12.6. The maximum atomic E-state index is 11.2. The number of rotatable bonds is 4. The third-order valence-electron chi connectivity index (χ3n) is 2.74. The van der Waals surface area contributed by atoms with Crippen molar-refractivity contribution >= 4 is 24.6 Å². The number of aliphatic hydroxyl groups is 1. The second-order valence-electron chi connectivity index (χ2n) is 5.19. The molecule has 0 saturated carbocycles. The van der Waals surface area contributed by atoms with E-state index in [1.165, 1.54) is 6.07 Å². The van der Waals surface area contributed by atoms with E-state index in [0.717, 1.165) is 6.07 Å². The fraction of sp³-hybridized carbons (Fsp3) is 0.364. The number of nitro benzene ring substituents is 2. The molecule has 106 valence electrons. The van der Waals surface area contributed by atoms with Crippen LogP contribution in [-0.2, 0) is 0 Å². The number of hydrogen-bond acceptors (Lipinski definition) is 6. The zero-order chi connectivity index (χ0) is 15.7. The third-order valence-corrected chi connectivity index (χ3v) is 4.76. The van der Waals surface area contributed by atoms with Crippen LogP contribution in [0, 0.1) is 31.6 Å². The van der Waals surface area contributed by atoms with Crippen molar-refractivity contribution in [2.75, 3.05) is 0 Å². The Kier molecular flexibility index (Phi) is 4.22. The maximum absolute atomic E-state index is 11.2. The summed E-state index contributed by atoms with van der Waals surface area (Å²) in [5.41, 5.74) is -1.17. The van der Waals surface area contributed by atoms with Crippen molar-refractivity contribution < 1.29 is 15.0 Å². The highest BCUT2D eigenvalue weighted by Gasteiger charge is 2.38. The van der Waals surface area contributed by atoms with Crippen LogP contribution in [0.5, 0.6) is 0 Å². The van der Waals surface area contributed by atoms with Gasteiger partial charge in [0, 0.05) is 16.8 Å². The highest BCUT2D eigenvalue weighted by molar-refractivity contribution is 6.90. The lowest BCUT2D eigenvalue weighted by molar-refractivity contribution is -0.421. The standard InChI is InChI=1S/C11H13N3O5Si/c1-20(2,3)11-7(9(15)6-12)4-5-8(13(16)17)10(11)14(18)19/h4-5,9,15H,1-3H3. The van der Waals surface area contributed by atoms with Gasteiger partial charge in [0.1, 0.15) is 0 Å². The van der Waals surface area contributed by atoms with Gasteiger partial charge in [0.15, 0.2) is 6.10 Å². The Bertz CT molecular complexity index is 618. The lowest BCUT2D eigenvalue weighted by atomic mass is 10.1. The molecule has 0 spiro atoms. The second-order valence-corrected chi connectivity index (χ2v) is 10.2. The van der Waals surface area contributed by atoms with E-state index < -0.39 is 35.4 Å². The molecule has 0 aromatic heterocycles. The van der Waals surface area contributed by atoms with Crippen molar-refractivity contribution in [2.45, 2.75) is 25.7 Å². The van der Waals surface area contributed by atoms with E-state index in [1.54, 1.807) is 25.7 Å². The van der Waals surface area contributed by atoms with Crippen LogP contribution in [0.2, 0.25) is 19.6 Å². The van der Waals surface area contributed by atoms with Crippen molar-refractivity contribution in [1.82, 2.24) is 0 Å². The van der Waals surface area contributed by atoms with Crippen molar-refractivity contribution in [3.8, 4) is 6.07 Å². The molecule has 1 aromatic carbocycles. The zero-order valence-electron chi connectivity index (χ0n) is 11.2. The molecule has 0 radical (unpaired) electrons. The Morgan fingerprint density at radius 2 is 1.80 bits per heavy atom. The lowest BCUT2D eigenvalue weighted by Gasteiger charge is -2.21. The average Bonchev–Trinajstić information content (AvgIpc) is 2.34. The van der Waals surface area contributed by atoms with Crippen LogP contribution in [0.15, 0.2) is 12.1 Å². The molecule has 0 amide bonds. The van der Waals surface area contributed by atoms with Crippen LogP contribution in [0.25, 0.3) is 0 Å². The predicted octanol–water partition coefficient (Wildman–Crippen LogP) is 1.61. The lowest BCUT2D eigenvalue weighted by Crippen LogP contribution is -2.42. The highest BCUT2D eigenvalue weighted by Crippen LogP contribution is 2.30.